The van der Waals surface area contributed by atoms with Gasteiger partial charge in [0.25, 0.3) is 0 Å². The van der Waals surface area contributed by atoms with Gasteiger partial charge in [-0.2, -0.15) is 0 Å². The molecule has 0 radical (unpaired) electrons. The fourth-order valence-electron chi connectivity index (χ4n) is 0.183. The molecule has 32 valence electrons. The smallest absolute Gasteiger partial charge is 0.205 e. The second-order valence-corrected chi connectivity index (χ2v) is 0.771. The molecule has 0 atom stereocenters. The van der Waals surface area contributed by atoms with Gasteiger partial charge >= 0.3 is 0 Å². The van der Waals surface area contributed by atoms with E-state index in [0.29, 0.717) is 0 Å². The number of aromatic nitrogens is 2. The average molecular weight is 86.0 g/mol. The molecule has 6 heavy (non-hydrogen) atoms. The van der Waals surface area contributed by atoms with Crippen LogP contribution in [0.1, 0.15) is 0 Å². The molecule has 0 aliphatic heterocycles. The molecular weight excluding hydrogens is 84.0 g/mol. The van der Waals surface area contributed by atoms with Crippen molar-refractivity contribution in [3.8, 4) is 0 Å². The van der Waals surface area contributed by atoms with Crippen LogP contribution in [0, 0.1) is 5.21 Å². The highest BCUT2D eigenvalue weighted by molar-refractivity contribution is 4.45. The van der Waals surface area contributed by atoms with Gasteiger partial charge in [0.15, 0.2) is 6.20 Å². The number of rotatable bonds is 0. The number of hydrogen-bond acceptors (Lipinski definition) is 3. The summed E-state index contributed by atoms with van der Waals surface area (Å²) in [5, 5.41) is 12.9. The van der Waals surface area contributed by atoms with Gasteiger partial charge in [-0.1, -0.05) is 0 Å². The minimum absolute atomic E-state index is 0.264. The van der Waals surface area contributed by atoms with E-state index in [4.69, 9.17) is 0 Å². The van der Waals surface area contributed by atoms with Crippen molar-refractivity contribution >= 4 is 0 Å². The molecule has 1 heterocycles. The zero-order chi connectivity index (χ0) is 4.41. The molecule has 4 heteroatoms. The topological polar surface area (TPSA) is 53.0 Å². The Morgan fingerprint density at radius 2 is 2.67 bits per heavy atom. The summed E-state index contributed by atoms with van der Waals surface area (Å²) in [6.07, 6.45) is 2.44. The molecule has 0 fully saturated rings. The van der Waals surface area contributed by atoms with Crippen LogP contribution in [0.5, 0.6) is 0 Å². The van der Waals surface area contributed by atoms with Crippen LogP contribution < -0.4 is 4.90 Å². The molecule has 1 aromatic rings. The molecule has 0 amide bonds. The van der Waals surface area contributed by atoms with Crippen molar-refractivity contribution < 1.29 is 9.53 Å². The molecule has 0 N–H and O–H groups in total. The van der Waals surface area contributed by atoms with Crippen molar-refractivity contribution in [3.63, 3.8) is 0 Å². The zero-order valence-electron chi connectivity index (χ0n) is 2.87. The van der Waals surface area contributed by atoms with E-state index in [-0.39, 0.29) is 4.90 Å². The van der Waals surface area contributed by atoms with Gasteiger partial charge in [0.2, 0.25) is 6.20 Å². The van der Waals surface area contributed by atoms with Crippen molar-refractivity contribution in [2.45, 2.75) is 0 Å². The van der Waals surface area contributed by atoms with Crippen LogP contribution in [0.2, 0.25) is 0 Å². The molecule has 0 aliphatic rings. The molecule has 0 aromatic carbocycles. The van der Waals surface area contributed by atoms with Crippen molar-refractivity contribution in [1.29, 1.82) is 0 Å². The van der Waals surface area contributed by atoms with Crippen LogP contribution >= 0.6 is 0 Å². The highest BCUT2D eigenvalue weighted by atomic mass is 16.8. The quantitative estimate of drug-likeness (QED) is 0.392. The van der Waals surface area contributed by atoms with Crippen LogP contribution in [-0.2, 0) is 0 Å². The maximum atomic E-state index is 9.76. The van der Waals surface area contributed by atoms with Crippen LogP contribution in [0.25, 0.3) is 0 Å². The highest BCUT2D eigenvalue weighted by Gasteiger charge is 1.78. The third kappa shape index (κ3) is 0.314. The Balaban J connectivity index is 3.05. The van der Waals surface area contributed by atoms with Gasteiger partial charge < -0.3 is 5.21 Å². The SMILES string of the molecule is [O-][n+]1ccno1. The number of nitrogens with zero attached hydrogens (tertiary/aromatic N) is 2. The van der Waals surface area contributed by atoms with Gasteiger partial charge in [-0.15, -0.1) is 0 Å². The first-order valence-corrected chi connectivity index (χ1v) is 1.40. The van der Waals surface area contributed by atoms with E-state index in [0.717, 1.165) is 0 Å². The highest BCUT2D eigenvalue weighted by Crippen LogP contribution is 1.60. The second-order valence-electron chi connectivity index (χ2n) is 0.771. The Labute approximate surface area is 33.5 Å². The van der Waals surface area contributed by atoms with Gasteiger partial charge in [0.1, 0.15) is 0 Å². The summed E-state index contributed by atoms with van der Waals surface area (Å²) in [7, 11) is 0. The van der Waals surface area contributed by atoms with Crippen LogP contribution in [0.15, 0.2) is 17.0 Å². The summed E-state index contributed by atoms with van der Waals surface area (Å²) in [6, 6.07) is 0. The minimum atomic E-state index is 0.264. The van der Waals surface area contributed by atoms with Gasteiger partial charge in [-0.05, 0) is 4.90 Å². The minimum Gasteiger partial charge on any atom is -0.360 e. The fraction of sp³-hybridized carbons (Fsp3) is 0. The van der Waals surface area contributed by atoms with Gasteiger partial charge in [-0.3, -0.25) is 4.63 Å². The first kappa shape index (κ1) is 3.14. The molecule has 0 unspecified atom stereocenters. The Morgan fingerprint density at radius 1 is 1.83 bits per heavy atom. The fourth-order valence-corrected chi connectivity index (χ4v) is 0.183. The van der Waals surface area contributed by atoms with Gasteiger partial charge in [-0.25, -0.2) is 0 Å². The predicted octanol–water partition coefficient (Wildman–Crippen LogP) is -0.692. The van der Waals surface area contributed by atoms with E-state index in [2.05, 4.69) is 9.79 Å². The van der Waals surface area contributed by atoms with Crippen LogP contribution in [-0.4, -0.2) is 5.16 Å². The molecule has 0 spiro atoms. The van der Waals surface area contributed by atoms with E-state index in [1.807, 2.05) is 0 Å². The lowest BCUT2D eigenvalue weighted by Gasteiger charge is -1.73. The van der Waals surface area contributed by atoms with Crippen molar-refractivity contribution in [3.05, 3.63) is 17.6 Å². The summed E-state index contributed by atoms with van der Waals surface area (Å²) in [4.78, 5) is 0.264. The first-order valence-electron chi connectivity index (χ1n) is 1.40. The van der Waals surface area contributed by atoms with E-state index < -0.39 is 0 Å². The Morgan fingerprint density at radius 3 is 2.83 bits per heavy atom. The van der Waals surface area contributed by atoms with E-state index in [1.165, 1.54) is 12.4 Å². The van der Waals surface area contributed by atoms with Gasteiger partial charge in [0, 0.05) is 5.16 Å². The molecule has 0 bridgehead atoms. The van der Waals surface area contributed by atoms with Crippen LogP contribution in [0.3, 0.4) is 0 Å². The normalized spacial score (nSPS) is 8.67. The molecule has 0 saturated carbocycles. The lowest BCUT2D eigenvalue weighted by molar-refractivity contribution is -0.802. The summed E-state index contributed by atoms with van der Waals surface area (Å²) in [5.74, 6) is 0. The molecular formula is C2H2N2O2. The summed E-state index contributed by atoms with van der Waals surface area (Å²) >= 11 is 0. The summed E-state index contributed by atoms with van der Waals surface area (Å²) in [5.41, 5.74) is 0. The predicted molar refractivity (Wildman–Crippen MR) is 15.5 cm³/mol. The van der Waals surface area contributed by atoms with E-state index in [9.17, 15) is 5.21 Å². The number of hydrogen-bond donors (Lipinski definition) is 0. The molecule has 0 saturated heterocycles. The third-order valence-electron chi connectivity index (χ3n) is 0.377. The summed E-state index contributed by atoms with van der Waals surface area (Å²) < 4.78 is 3.94. The molecule has 0 aliphatic carbocycles. The van der Waals surface area contributed by atoms with Gasteiger partial charge in [0.05, 0.1) is 0 Å². The zero-order valence-corrected chi connectivity index (χ0v) is 2.87. The molecule has 1 rings (SSSR count). The van der Waals surface area contributed by atoms with Crippen molar-refractivity contribution in [1.82, 2.24) is 5.16 Å². The second kappa shape index (κ2) is 0.965. The Hall–Kier alpha value is -1.06. The lowest BCUT2D eigenvalue weighted by atomic mass is 11.0. The van der Waals surface area contributed by atoms with Crippen molar-refractivity contribution in [2.75, 3.05) is 0 Å². The monoisotopic (exact) mass is 86.0 g/mol. The third-order valence-corrected chi connectivity index (χ3v) is 0.377. The summed E-state index contributed by atoms with van der Waals surface area (Å²) in [6.45, 7) is 0. The molecule has 1 aromatic heterocycles. The lowest BCUT2D eigenvalue weighted by Crippen LogP contribution is -2.20. The molecule has 4 nitrogen and oxygen atoms in total. The van der Waals surface area contributed by atoms with Crippen LogP contribution in [0.4, 0.5) is 0 Å². The Bertz CT molecular complexity index is 113. The Kier molecular flexibility index (Phi) is 0.506. The largest absolute Gasteiger partial charge is 0.360 e. The first-order chi connectivity index (χ1) is 2.89. The van der Waals surface area contributed by atoms with Crippen molar-refractivity contribution in [2.24, 2.45) is 0 Å². The maximum absolute atomic E-state index is 9.76. The van der Waals surface area contributed by atoms with E-state index >= 15 is 0 Å². The average Bonchev–Trinajstić information content (AvgIpc) is 1.86. The van der Waals surface area contributed by atoms with E-state index in [1.54, 1.807) is 0 Å². The maximum Gasteiger partial charge on any atom is 0.205 e. The standard InChI is InChI=1S/C2H2N2O2/c5-4-2-1-3-6-4/h1-2H.